The second-order valence-electron chi connectivity index (χ2n) is 6.54. The molecule has 0 saturated heterocycles. The summed E-state index contributed by atoms with van der Waals surface area (Å²) in [6, 6.07) is 3.00. The van der Waals surface area contributed by atoms with Crippen LogP contribution in [0.3, 0.4) is 0 Å². The van der Waals surface area contributed by atoms with Gasteiger partial charge < -0.3 is 12.4 Å². The SMILES string of the molecule is CC(C)N(C(C)C)C1[C+](Cl)C1N(C(C)C)C(C)C.[Cl-]. The van der Waals surface area contributed by atoms with Gasteiger partial charge in [0.1, 0.15) is 11.6 Å². The molecule has 0 bridgehead atoms. The first kappa shape index (κ1) is 19.4. The third-order valence-corrected chi connectivity index (χ3v) is 4.23. The number of nitrogens with zero attached hydrogens (tertiary/aromatic N) is 2. The lowest BCUT2D eigenvalue weighted by Crippen LogP contribution is -3.00. The van der Waals surface area contributed by atoms with Crippen molar-refractivity contribution in [3.8, 4) is 0 Å². The molecule has 1 rings (SSSR count). The summed E-state index contributed by atoms with van der Waals surface area (Å²) in [7, 11) is 0. The monoisotopic (exact) mass is 308 g/mol. The van der Waals surface area contributed by atoms with Crippen molar-refractivity contribution in [2.24, 2.45) is 0 Å². The maximum Gasteiger partial charge on any atom is 0.249 e. The summed E-state index contributed by atoms with van der Waals surface area (Å²) in [4.78, 5) is 5.06. The molecule has 2 unspecified atom stereocenters. The molecule has 1 aliphatic carbocycles. The molecule has 1 fully saturated rings. The minimum atomic E-state index is 0. The van der Waals surface area contributed by atoms with Gasteiger partial charge in [-0.1, -0.05) is 0 Å². The van der Waals surface area contributed by atoms with E-state index in [2.05, 4.69) is 65.2 Å². The van der Waals surface area contributed by atoms with E-state index in [1.807, 2.05) is 0 Å². The van der Waals surface area contributed by atoms with Crippen molar-refractivity contribution >= 4 is 11.6 Å². The second-order valence-corrected chi connectivity index (χ2v) is 6.98. The fourth-order valence-corrected chi connectivity index (χ4v) is 3.70. The standard InChI is InChI=1S/C15H30ClN2.ClH/c1-9(2)17(10(3)4)14-13(16)15(14)18(11(5)6)12(7)8;/h9-12,14-15H,1-8H3;1H/q+1;/p-1. The Bertz CT molecular complexity index is 225. The van der Waals surface area contributed by atoms with E-state index in [1.165, 1.54) is 0 Å². The van der Waals surface area contributed by atoms with Gasteiger partial charge in [-0.05, 0) is 55.4 Å². The number of hydrogen-bond donors (Lipinski definition) is 0. The third kappa shape index (κ3) is 4.17. The number of rotatable bonds is 6. The van der Waals surface area contributed by atoms with Crippen LogP contribution >= 0.6 is 11.6 Å². The van der Waals surface area contributed by atoms with Crippen molar-refractivity contribution in [2.45, 2.75) is 91.6 Å². The van der Waals surface area contributed by atoms with Crippen LogP contribution in [0, 0.1) is 5.38 Å². The Morgan fingerprint density at radius 2 is 0.895 bits per heavy atom. The predicted molar refractivity (Wildman–Crippen MR) is 80.9 cm³/mol. The molecule has 114 valence electrons. The van der Waals surface area contributed by atoms with Crippen LogP contribution in [0.15, 0.2) is 0 Å². The fourth-order valence-electron chi connectivity index (χ4n) is 3.30. The molecule has 0 heterocycles. The highest BCUT2D eigenvalue weighted by Crippen LogP contribution is 2.48. The molecule has 0 spiro atoms. The highest BCUT2D eigenvalue weighted by atomic mass is 35.5. The van der Waals surface area contributed by atoms with Gasteiger partial charge in [-0.25, -0.2) is 0 Å². The highest BCUT2D eigenvalue weighted by molar-refractivity contribution is 6.31. The largest absolute Gasteiger partial charge is 1.00 e. The molecule has 0 radical (unpaired) electrons. The van der Waals surface area contributed by atoms with Crippen LogP contribution in [0.1, 0.15) is 55.4 Å². The lowest BCUT2D eigenvalue weighted by molar-refractivity contribution is -0.00000527. The Morgan fingerprint density at radius 3 is 1.05 bits per heavy atom. The van der Waals surface area contributed by atoms with Gasteiger partial charge in [0, 0.05) is 24.2 Å². The molecule has 19 heavy (non-hydrogen) atoms. The average molecular weight is 309 g/mol. The average Bonchev–Trinajstić information content (AvgIpc) is 2.76. The van der Waals surface area contributed by atoms with E-state index in [0.717, 1.165) is 5.38 Å². The van der Waals surface area contributed by atoms with Crippen molar-refractivity contribution in [1.82, 2.24) is 9.80 Å². The minimum absolute atomic E-state index is 0. The van der Waals surface area contributed by atoms with Crippen LogP contribution in [0.25, 0.3) is 0 Å². The lowest BCUT2D eigenvalue weighted by Gasteiger charge is -2.30. The maximum atomic E-state index is 6.52. The zero-order valence-corrected chi connectivity index (χ0v) is 15.1. The Kier molecular flexibility index (Phi) is 7.54. The first-order valence-corrected chi connectivity index (χ1v) is 7.65. The van der Waals surface area contributed by atoms with E-state index in [9.17, 15) is 0 Å². The van der Waals surface area contributed by atoms with Gasteiger partial charge in [0.05, 0.1) is 0 Å². The molecule has 2 atom stereocenters. The smallest absolute Gasteiger partial charge is 0.249 e. The molecule has 1 aliphatic rings. The van der Waals surface area contributed by atoms with Gasteiger partial charge in [0.2, 0.25) is 17.5 Å². The Labute approximate surface area is 131 Å². The normalized spacial score (nSPS) is 23.2. The van der Waals surface area contributed by atoms with Crippen LogP contribution in [-0.2, 0) is 0 Å². The molecular weight excluding hydrogens is 279 g/mol. The molecular formula is C15H30Cl2N2. The minimum Gasteiger partial charge on any atom is -1.00 e. The van der Waals surface area contributed by atoms with E-state index >= 15 is 0 Å². The quantitative estimate of drug-likeness (QED) is 0.668. The summed E-state index contributed by atoms with van der Waals surface area (Å²) in [5.41, 5.74) is 0. The summed E-state index contributed by atoms with van der Waals surface area (Å²) in [5.74, 6) is 0. The van der Waals surface area contributed by atoms with E-state index in [4.69, 9.17) is 11.6 Å². The first-order chi connectivity index (χ1) is 8.20. The van der Waals surface area contributed by atoms with Crippen molar-refractivity contribution in [3.05, 3.63) is 5.38 Å². The van der Waals surface area contributed by atoms with Gasteiger partial charge in [-0.2, -0.15) is 0 Å². The third-order valence-electron chi connectivity index (χ3n) is 3.78. The van der Waals surface area contributed by atoms with Gasteiger partial charge in [0.25, 0.3) is 0 Å². The summed E-state index contributed by atoms with van der Waals surface area (Å²) < 4.78 is 0. The van der Waals surface area contributed by atoms with E-state index in [1.54, 1.807) is 0 Å². The Morgan fingerprint density at radius 1 is 0.684 bits per heavy atom. The van der Waals surface area contributed by atoms with Gasteiger partial charge in [-0.15, -0.1) is 0 Å². The van der Waals surface area contributed by atoms with E-state index < -0.39 is 0 Å². The van der Waals surface area contributed by atoms with Crippen molar-refractivity contribution in [2.75, 3.05) is 0 Å². The van der Waals surface area contributed by atoms with E-state index in [0.29, 0.717) is 36.3 Å². The topological polar surface area (TPSA) is 6.48 Å². The van der Waals surface area contributed by atoms with Crippen LogP contribution in [-0.4, -0.2) is 46.1 Å². The lowest BCUT2D eigenvalue weighted by atomic mass is 10.2. The zero-order valence-electron chi connectivity index (χ0n) is 13.6. The molecule has 0 aromatic rings. The van der Waals surface area contributed by atoms with Crippen molar-refractivity contribution < 1.29 is 12.4 Å². The zero-order chi connectivity index (χ0) is 14.2. The van der Waals surface area contributed by atoms with E-state index in [-0.39, 0.29) is 12.4 Å². The van der Waals surface area contributed by atoms with Gasteiger partial charge >= 0.3 is 0 Å². The first-order valence-electron chi connectivity index (χ1n) is 7.27. The molecule has 4 heteroatoms. The summed E-state index contributed by atoms with van der Waals surface area (Å²) in [6.45, 7) is 18.1. The Balaban J connectivity index is 0.00000324. The van der Waals surface area contributed by atoms with Crippen molar-refractivity contribution in [1.29, 1.82) is 0 Å². The summed E-state index contributed by atoms with van der Waals surface area (Å²) in [6.07, 6.45) is 0. The molecule has 0 amide bonds. The Hall–Kier alpha value is 0.370. The molecule has 0 N–H and O–H groups in total. The summed E-state index contributed by atoms with van der Waals surface area (Å²) >= 11 is 6.52. The predicted octanol–water partition coefficient (Wildman–Crippen LogP) is 0.750. The van der Waals surface area contributed by atoms with Crippen molar-refractivity contribution in [3.63, 3.8) is 0 Å². The fraction of sp³-hybridized carbons (Fsp3) is 0.933. The maximum absolute atomic E-state index is 6.52. The van der Waals surface area contributed by atoms with Crippen LogP contribution in [0.2, 0.25) is 0 Å². The highest BCUT2D eigenvalue weighted by Gasteiger charge is 2.72. The van der Waals surface area contributed by atoms with Crippen LogP contribution < -0.4 is 12.4 Å². The molecule has 0 aromatic heterocycles. The van der Waals surface area contributed by atoms with Crippen LogP contribution in [0.4, 0.5) is 0 Å². The molecule has 2 nitrogen and oxygen atoms in total. The number of hydrogen-bond acceptors (Lipinski definition) is 2. The van der Waals surface area contributed by atoms with Crippen LogP contribution in [0.5, 0.6) is 0 Å². The second kappa shape index (κ2) is 7.40. The molecule has 1 saturated carbocycles. The number of halogens is 2. The van der Waals surface area contributed by atoms with Gasteiger partial charge in [-0.3, -0.25) is 9.80 Å². The summed E-state index contributed by atoms with van der Waals surface area (Å²) in [5, 5.41) is 1.12. The molecule has 0 aliphatic heterocycles. The molecule has 0 aromatic carbocycles. The van der Waals surface area contributed by atoms with Gasteiger partial charge in [0.15, 0.2) is 0 Å².